The summed E-state index contributed by atoms with van der Waals surface area (Å²) in [6.07, 6.45) is 2.73. The van der Waals surface area contributed by atoms with Gasteiger partial charge in [0.15, 0.2) is 0 Å². The van der Waals surface area contributed by atoms with Crippen molar-refractivity contribution >= 4 is 0 Å². The van der Waals surface area contributed by atoms with Crippen molar-refractivity contribution < 1.29 is 9.84 Å². The molecule has 3 nitrogen and oxygen atoms in total. The molecule has 1 rings (SSSR count). The molecule has 0 saturated carbocycles. The molecule has 0 aromatic rings. The molecule has 2 atom stereocenters. The standard InChI is InChI=1S/C10H17NO2/c1-2-4-9(12)10(7-11)5-3-6-13-8-10/h9,12H,2-6,8H2,1H3. The number of aliphatic hydroxyl groups excluding tert-OH is 1. The van der Waals surface area contributed by atoms with Crippen LogP contribution in [0.1, 0.15) is 32.6 Å². The Balaban J connectivity index is 2.62. The maximum absolute atomic E-state index is 9.82. The van der Waals surface area contributed by atoms with E-state index < -0.39 is 11.5 Å². The van der Waals surface area contributed by atoms with E-state index >= 15 is 0 Å². The van der Waals surface area contributed by atoms with Crippen LogP contribution < -0.4 is 0 Å². The Bertz CT molecular complexity index is 192. The first-order valence-electron chi connectivity index (χ1n) is 4.92. The highest BCUT2D eigenvalue weighted by Gasteiger charge is 2.39. The van der Waals surface area contributed by atoms with E-state index in [4.69, 9.17) is 10.00 Å². The quantitative estimate of drug-likeness (QED) is 0.720. The number of hydrogen-bond donors (Lipinski definition) is 1. The molecule has 3 heteroatoms. The molecule has 74 valence electrons. The summed E-state index contributed by atoms with van der Waals surface area (Å²) < 4.78 is 5.26. The van der Waals surface area contributed by atoms with Gasteiger partial charge in [-0.05, 0) is 19.3 Å². The fourth-order valence-corrected chi connectivity index (χ4v) is 1.79. The third kappa shape index (κ3) is 2.20. The van der Waals surface area contributed by atoms with Crippen molar-refractivity contribution in [3.63, 3.8) is 0 Å². The molecular formula is C10H17NO2. The maximum Gasteiger partial charge on any atom is 0.106 e. The van der Waals surface area contributed by atoms with Crippen LogP contribution in [0.5, 0.6) is 0 Å². The van der Waals surface area contributed by atoms with Gasteiger partial charge >= 0.3 is 0 Å². The molecule has 1 fully saturated rings. The van der Waals surface area contributed by atoms with Crippen LogP contribution in [-0.2, 0) is 4.74 Å². The van der Waals surface area contributed by atoms with Crippen LogP contribution in [0.15, 0.2) is 0 Å². The topological polar surface area (TPSA) is 53.2 Å². The number of nitrogens with zero attached hydrogens (tertiary/aromatic N) is 1. The lowest BCUT2D eigenvalue weighted by atomic mass is 9.77. The summed E-state index contributed by atoms with van der Waals surface area (Å²) in [6.45, 7) is 3.13. The second-order valence-corrected chi connectivity index (χ2v) is 3.73. The lowest BCUT2D eigenvalue weighted by Crippen LogP contribution is -2.41. The van der Waals surface area contributed by atoms with Crippen LogP contribution in [0.25, 0.3) is 0 Å². The van der Waals surface area contributed by atoms with Gasteiger partial charge in [-0.3, -0.25) is 0 Å². The summed E-state index contributed by atoms with van der Waals surface area (Å²) >= 11 is 0. The summed E-state index contributed by atoms with van der Waals surface area (Å²) in [4.78, 5) is 0. The minimum atomic E-state index is -0.631. The van der Waals surface area contributed by atoms with E-state index in [-0.39, 0.29) is 0 Å². The lowest BCUT2D eigenvalue weighted by molar-refractivity contribution is -0.0518. The zero-order chi connectivity index (χ0) is 9.73. The van der Waals surface area contributed by atoms with Crippen LogP contribution in [-0.4, -0.2) is 24.4 Å². The van der Waals surface area contributed by atoms with Crippen molar-refractivity contribution in [2.75, 3.05) is 13.2 Å². The predicted molar refractivity (Wildman–Crippen MR) is 49.0 cm³/mol. The van der Waals surface area contributed by atoms with Gasteiger partial charge in [0.05, 0.1) is 18.8 Å². The number of nitriles is 1. The van der Waals surface area contributed by atoms with Gasteiger partial charge < -0.3 is 9.84 Å². The molecule has 0 spiro atoms. The molecular weight excluding hydrogens is 166 g/mol. The van der Waals surface area contributed by atoms with E-state index in [1.54, 1.807) is 0 Å². The summed E-state index contributed by atoms with van der Waals surface area (Å²) in [5.74, 6) is 0. The third-order valence-corrected chi connectivity index (χ3v) is 2.69. The molecule has 1 N–H and O–H groups in total. The molecule has 0 radical (unpaired) electrons. The van der Waals surface area contributed by atoms with Crippen molar-refractivity contribution in [2.45, 2.75) is 38.7 Å². The van der Waals surface area contributed by atoms with Crippen LogP contribution in [0.3, 0.4) is 0 Å². The Morgan fingerprint density at radius 1 is 1.69 bits per heavy atom. The van der Waals surface area contributed by atoms with Crippen LogP contribution in [0.4, 0.5) is 0 Å². The molecule has 13 heavy (non-hydrogen) atoms. The van der Waals surface area contributed by atoms with Gasteiger partial charge in [-0.1, -0.05) is 13.3 Å². The Morgan fingerprint density at radius 3 is 2.92 bits per heavy atom. The van der Waals surface area contributed by atoms with Gasteiger partial charge in [-0.2, -0.15) is 5.26 Å². The van der Waals surface area contributed by atoms with Gasteiger partial charge in [0.25, 0.3) is 0 Å². The molecule has 0 aromatic heterocycles. The third-order valence-electron chi connectivity index (χ3n) is 2.69. The summed E-state index contributed by atoms with van der Waals surface area (Å²) in [6, 6.07) is 2.23. The molecule has 0 bridgehead atoms. The Labute approximate surface area is 79.3 Å². The van der Waals surface area contributed by atoms with E-state index in [1.807, 2.05) is 6.92 Å². The lowest BCUT2D eigenvalue weighted by Gasteiger charge is -2.34. The van der Waals surface area contributed by atoms with Gasteiger partial charge in [-0.25, -0.2) is 0 Å². The molecule has 2 unspecified atom stereocenters. The second kappa shape index (κ2) is 4.59. The van der Waals surface area contributed by atoms with Gasteiger partial charge in [0, 0.05) is 6.61 Å². The number of rotatable bonds is 3. The van der Waals surface area contributed by atoms with Crippen LogP contribution >= 0.6 is 0 Å². The van der Waals surface area contributed by atoms with Gasteiger partial charge in [-0.15, -0.1) is 0 Å². The van der Waals surface area contributed by atoms with Crippen molar-refractivity contribution in [2.24, 2.45) is 5.41 Å². The van der Waals surface area contributed by atoms with Crippen molar-refractivity contribution in [1.82, 2.24) is 0 Å². The summed E-state index contributed by atoms with van der Waals surface area (Å²) in [7, 11) is 0. The largest absolute Gasteiger partial charge is 0.391 e. The molecule has 1 aliphatic heterocycles. The molecule has 1 heterocycles. The van der Waals surface area contributed by atoms with Gasteiger partial charge in [0.2, 0.25) is 0 Å². The Morgan fingerprint density at radius 2 is 2.46 bits per heavy atom. The highest BCUT2D eigenvalue weighted by molar-refractivity contribution is 5.04. The molecule has 1 aliphatic rings. The highest BCUT2D eigenvalue weighted by atomic mass is 16.5. The first-order valence-corrected chi connectivity index (χ1v) is 4.92. The van der Waals surface area contributed by atoms with E-state index in [1.165, 1.54) is 0 Å². The smallest absolute Gasteiger partial charge is 0.106 e. The maximum atomic E-state index is 9.82. The van der Waals surface area contributed by atoms with E-state index in [2.05, 4.69) is 6.07 Å². The zero-order valence-corrected chi connectivity index (χ0v) is 8.12. The zero-order valence-electron chi connectivity index (χ0n) is 8.12. The average molecular weight is 183 g/mol. The molecule has 1 saturated heterocycles. The monoisotopic (exact) mass is 183 g/mol. The molecule has 0 aliphatic carbocycles. The minimum absolute atomic E-state index is 0.394. The Kier molecular flexibility index (Phi) is 3.71. The van der Waals surface area contributed by atoms with Crippen LogP contribution in [0.2, 0.25) is 0 Å². The SMILES string of the molecule is CCCC(O)C1(C#N)CCCOC1. The normalized spacial score (nSPS) is 30.8. The van der Waals surface area contributed by atoms with Gasteiger partial charge in [0.1, 0.15) is 5.41 Å². The van der Waals surface area contributed by atoms with Crippen molar-refractivity contribution in [3.8, 4) is 6.07 Å². The average Bonchev–Trinajstić information content (AvgIpc) is 2.19. The first-order chi connectivity index (χ1) is 6.25. The minimum Gasteiger partial charge on any atom is -0.391 e. The fraction of sp³-hybridized carbons (Fsp3) is 0.900. The number of ether oxygens (including phenoxy) is 1. The summed E-state index contributed by atoms with van der Waals surface area (Å²) in [5.41, 5.74) is -0.631. The number of aliphatic hydroxyl groups is 1. The van der Waals surface area contributed by atoms with Crippen molar-refractivity contribution in [1.29, 1.82) is 5.26 Å². The first kappa shape index (κ1) is 10.5. The van der Waals surface area contributed by atoms with E-state index in [9.17, 15) is 5.11 Å². The second-order valence-electron chi connectivity index (χ2n) is 3.73. The molecule has 0 amide bonds. The number of hydrogen-bond acceptors (Lipinski definition) is 3. The van der Waals surface area contributed by atoms with E-state index in [0.29, 0.717) is 13.0 Å². The Hall–Kier alpha value is -0.590. The van der Waals surface area contributed by atoms with Crippen LogP contribution in [0, 0.1) is 16.7 Å². The highest BCUT2D eigenvalue weighted by Crippen LogP contribution is 2.33. The summed E-state index contributed by atoms with van der Waals surface area (Å²) in [5, 5.41) is 18.9. The fourth-order valence-electron chi connectivity index (χ4n) is 1.79. The molecule has 0 aromatic carbocycles. The van der Waals surface area contributed by atoms with E-state index in [0.717, 1.165) is 25.9 Å². The van der Waals surface area contributed by atoms with Crippen molar-refractivity contribution in [3.05, 3.63) is 0 Å². The predicted octanol–water partition coefficient (Wildman–Crippen LogP) is 1.47.